The van der Waals surface area contributed by atoms with Crippen molar-refractivity contribution in [1.29, 1.82) is 0 Å². The van der Waals surface area contributed by atoms with Gasteiger partial charge in [-0.25, -0.2) is 8.78 Å². The Morgan fingerprint density at radius 1 is 1.02 bits per heavy atom. The van der Waals surface area contributed by atoms with Crippen LogP contribution in [0.2, 0.25) is 0 Å². The SMILES string of the molecule is CCOC(=O)C(CC1CCN(C(=O)/C=C/c2cc(F)cc(F)c2)CC1)N1CCC(c2c[nH]c3ccccc23)CC1. The predicted molar refractivity (Wildman–Crippen MR) is 152 cm³/mol. The number of nitrogens with zero attached hydrogens (tertiary/aromatic N) is 2. The van der Waals surface area contributed by atoms with Gasteiger partial charge in [-0.1, -0.05) is 18.2 Å². The summed E-state index contributed by atoms with van der Waals surface area (Å²) in [7, 11) is 0. The van der Waals surface area contributed by atoms with E-state index in [0.29, 0.717) is 37.1 Å². The second kappa shape index (κ2) is 12.8. The highest BCUT2D eigenvalue weighted by molar-refractivity contribution is 5.91. The molecular weight excluding hydrogens is 512 g/mol. The third kappa shape index (κ3) is 6.61. The summed E-state index contributed by atoms with van der Waals surface area (Å²) in [6, 6.07) is 11.3. The minimum Gasteiger partial charge on any atom is -0.465 e. The molecule has 0 spiro atoms. The van der Waals surface area contributed by atoms with Crippen molar-refractivity contribution in [2.45, 2.75) is 51.0 Å². The standard InChI is InChI=1S/C32H37F2N3O3/c1-2-40-32(39)30(36-15-11-24(12-16-36)28-21-35-29-6-4-3-5-27(28)29)19-22-9-13-37(14-10-22)31(38)8-7-23-17-25(33)20-26(34)18-23/h3-8,17-18,20-22,24,30,35H,2,9-16,19H2,1H3/b8-7+. The maximum atomic E-state index is 13.4. The highest BCUT2D eigenvalue weighted by Gasteiger charge is 2.35. The molecule has 40 heavy (non-hydrogen) atoms. The summed E-state index contributed by atoms with van der Waals surface area (Å²) in [5, 5.41) is 1.28. The second-order valence-corrected chi connectivity index (χ2v) is 10.9. The second-order valence-electron chi connectivity index (χ2n) is 10.9. The van der Waals surface area contributed by atoms with Gasteiger partial charge in [0.1, 0.15) is 17.7 Å². The van der Waals surface area contributed by atoms with Crippen molar-refractivity contribution in [1.82, 2.24) is 14.8 Å². The van der Waals surface area contributed by atoms with E-state index in [0.717, 1.165) is 56.8 Å². The molecule has 2 saturated heterocycles. The summed E-state index contributed by atoms with van der Waals surface area (Å²) >= 11 is 0. The molecule has 2 aliphatic rings. The van der Waals surface area contributed by atoms with Crippen LogP contribution >= 0.6 is 0 Å². The number of H-pyrrole nitrogens is 1. The number of amides is 1. The third-order valence-electron chi connectivity index (χ3n) is 8.38. The van der Waals surface area contributed by atoms with Gasteiger partial charge < -0.3 is 14.6 Å². The first-order valence-electron chi connectivity index (χ1n) is 14.3. The summed E-state index contributed by atoms with van der Waals surface area (Å²) in [4.78, 5) is 33.2. The Hall–Kier alpha value is -3.52. The molecule has 0 saturated carbocycles. The van der Waals surface area contributed by atoms with Crippen molar-refractivity contribution in [2.24, 2.45) is 5.92 Å². The molecular formula is C32H37F2N3O3. The molecule has 1 atom stereocenters. The lowest BCUT2D eigenvalue weighted by Crippen LogP contribution is -2.48. The van der Waals surface area contributed by atoms with Crippen LogP contribution in [-0.4, -0.2) is 65.5 Å². The first-order chi connectivity index (χ1) is 19.4. The number of hydrogen-bond acceptors (Lipinski definition) is 4. The van der Waals surface area contributed by atoms with Crippen LogP contribution in [-0.2, 0) is 14.3 Å². The molecule has 0 bridgehead atoms. The normalized spacial score (nSPS) is 18.4. The van der Waals surface area contributed by atoms with Gasteiger partial charge in [-0.2, -0.15) is 0 Å². The number of carbonyl (C=O) groups is 2. The molecule has 1 unspecified atom stereocenters. The lowest BCUT2D eigenvalue weighted by Gasteiger charge is -2.39. The van der Waals surface area contributed by atoms with Crippen molar-refractivity contribution in [3.05, 3.63) is 77.5 Å². The van der Waals surface area contributed by atoms with Crippen molar-refractivity contribution < 1.29 is 23.1 Å². The van der Waals surface area contributed by atoms with E-state index >= 15 is 0 Å². The number of carbonyl (C=O) groups excluding carboxylic acids is 2. The van der Waals surface area contributed by atoms with Crippen LogP contribution in [0.1, 0.15) is 56.1 Å². The van der Waals surface area contributed by atoms with Gasteiger partial charge in [-0.05, 0) is 99.4 Å². The molecule has 2 aliphatic heterocycles. The summed E-state index contributed by atoms with van der Waals surface area (Å²) in [6.45, 7) is 5.06. The Labute approximate surface area is 234 Å². The number of nitrogens with one attached hydrogen (secondary N) is 1. The molecule has 2 aromatic carbocycles. The first-order valence-corrected chi connectivity index (χ1v) is 14.3. The molecule has 0 radical (unpaired) electrons. The monoisotopic (exact) mass is 549 g/mol. The zero-order valence-corrected chi connectivity index (χ0v) is 23.0. The Morgan fingerprint density at radius 3 is 2.42 bits per heavy atom. The number of hydrogen-bond donors (Lipinski definition) is 1. The molecule has 0 aliphatic carbocycles. The minimum absolute atomic E-state index is 0.156. The number of aromatic amines is 1. The predicted octanol–water partition coefficient (Wildman–Crippen LogP) is 5.90. The number of halogens is 2. The van der Waals surface area contributed by atoms with Crippen LogP contribution in [0.4, 0.5) is 8.78 Å². The van der Waals surface area contributed by atoms with Crippen molar-refractivity contribution in [3.8, 4) is 0 Å². The number of para-hydroxylation sites is 1. The summed E-state index contributed by atoms with van der Waals surface area (Å²) in [6.07, 6.45) is 9.25. The number of benzene rings is 2. The number of ether oxygens (including phenoxy) is 1. The largest absolute Gasteiger partial charge is 0.465 e. The van der Waals surface area contributed by atoms with Gasteiger partial charge in [0.2, 0.25) is 5.91 Å². The average Bonchev–Trinajstić information content (AvgIpc) is 3.39. The molecule has 2 fully saturated rings. The number of esters is 1. The van der Waals surface area contributed by atoms with Gasteiger partial charge in [0.15, 0.2) is 0 Å². The van der Waals surface area contributed by atoms with Crippen molar-refractivity contribution in [2.75, 3.05) is 32.8 Å². The number of piperidine rings is 2. The maximum Gasteiger partial charge on any atom is 0.323 e. The Morgan fingerprint density at radius 2 is 1.73 bits per heavy atom. The molecule has 1 N–H and O–H groups in total. The van der Waals surface area contributed by atoms with Crippen LogP contribution < -0.4 is 0 Å². The van der Waals surface area contributed by atoms with Gasteiger partial charge in [0.25, 0.3) is 0 Å². The molecule has 5 rings (SSSR count). The molecule has 6 nitrogen and oxygen atoms in total. The zero-order valence-electron chi connectivity index (χ0n) is 23.0. The Kier molecular flexibility index (Phi) is 8.94. The molecule has 1 aromatic heterocycles. The zero-order chi connectivity index (χ0) is 28.1. The fraction of sp³-hybridized carbons (Fsp3) is 0.438. The first kappa shape index (κ1) is 28.0. The van der Waals surface area contributed by atoms with Crippen LogP contribution in [0, 0.1) is 17.6 Å². The fourth-order valence-corrected chi connectivity index (χ4v) is 6.24. The highest BCUT2D eigenvalue weighted by atomic mass is 19.1. The van der Waals surface area contributed by atoms with E-state index < -0.39 is 11.6 Å². The lowest BCUT2D eigenvalue weighted by molar-refractivity contribution is -0.151. The van der Waals surface area contributed by atoms with Gasteiger partial charge >= 0.3 is 5.97 Å². The molecule has 3 aromatic rings. The number of fused-ring (bicyclic) bond motifs is 1. The van der Waals surface area contributed by atoms with E-state index in [2.05, 4.69) is 34.3 Å². The third-order valence-corrected chi connectivity index (χ3v) is 8.38. The van der Waals surface area contributed by atoms with E-state index in [1.807, 2.05) is 13.0 Å². The Balaban J connectivity index is 1.16. The van der Waals surface area contributed by atoms with Crippen LogP contribution in [0.25, 0.3) is 17.0 Å². The average molecular weight is 550 g/mol. The van der Waals surface area contributed by atoms with Crippen LogP contribution in [0.5, 0.6) is 0 Å². The van der Waals surface area contributed by atoms with E-state index in [1.54, 1.807) is 4.90 Å². The van der Waals surface area contributed by atoms with E-state index in [1.165, 1.54) is 35.2 Å². The maximum absolute atomic E-state index is 13.4. The molecule has 212 valence electrons. The van der Waals surface area contributed by atoms with E-state index in [4.69, 9.17) is 4.74 Å². The topological polar surface area (TPSA) is 65.6 Å². The van der Waals surface area contributed by atoms with Gasteiger partial charge in [-0.3, -0.25) is 14.5 Å². The fourth-order valence-electron chi connectivity index (χ4n) is 6.24. The smallest absolute Gasteiger partial charge is 0.323 e. The van der Waals surface area contributed by atoms with Crippen LogP contribution in [0.15, 0.2) is 54.7 Å². The summed E-state index contributed by atoms with van der Waals surface area (Å²) in [5.74, 6) is -0.911. The van der Waals surface area contributed by atoms with Crippen LogP contribution in [0.3, 0.4) is 0 Å². The lowest BCUT2D eigenvalue weighted by atomic mass is 9.86. The van der Waals surface area contributed by atoms with Gasteiger partial charge in [0.05, 0.1) is 6.61 Å². The number of aromatic nitrogens is 1. The van der Waals surface area contributed by atoms with Crippen molar-refractivity contribution >= 4 is 28.9 Å². The molecule has 1 amide bonds. The van der Waals surface area contributed by atoms with Crippen molar-refractivity contribution in [3.63, 3.8) is 0 Å². The quantitative estimate of drug-likeness (QED) is 0.281. The summed E-state index contributed by atoms with van der Waals surface area (Å²) in [5.41, 5.74) is 2.83. The van der Waals surface area contributed by atoms with Gasteiger partial charge in [-0.15, -0.1) is 0 Å². The Bertz CT molecular complexity index is 1330. The number of rotatable bonds is 8. The van der Waals surface area contributed by atoms with Gasteiger partial charge in [0, 0.05) is 42.3 Å². The van der Waals surface area contributed by atoms with E-state index in [-0.39, 0.29) is 17.9 Å². The number of likely N-dealkylation sites (tertiary alicyclic amines) is 2. The minimum atomic E-state index is -0.675. The summed E-state index contributed by atoms with van der Waals surface area (Å²) < 4.78 is 32.3. The molecule has 3 heterocycles. The highest BCUT2D eigenvalue weighted by Crippen LogP contribution is 2.35. The molecule has 8 heteroatoms. The van der Waals surface area contributed by atoms with E-state index in [9.17, 15) is 18.4 Å².